The van der Waals surface area contributed by atoms with Crippen LogP contribution in [0, 0.1) is 0 Å². The lowest BCUT2D eigenvalue weighted by molar-refractivity contribution is 0.100. The van der Waals surface area contributed by atoms with Crippen molar-refractivity contribution in [1.82, 2.24) is 0 Å². The molecule has 1 aromatic rings. The van der Waals surface area contributed by atoms with Gasteiger partial charge in [0.15, 0.2) is 0 Å². The molecule has 2 rings (SSSR count). The highest BCUT2D eigenvalue weighted by Crippen LogP contribution is 2.15. The molecular weight excluding hydrogens is 330 g/mol. The molecule has 0 aromatic heterocycles. The third-order valence-electron chi connectivity index (χ3n) is 3.47. The molecule has 0 saturated carbocycles. The average Bonchev–Trinajstić information content (AvgIpc) is 3.44. The first-order valence-electron chi connectivity index (χ1n) is 7.77. The first-order chi connectivity index (χ1) is 11.2. The van der Waals surface area contributed by atoms with E-state index in [1.807, 2.05) is 18.2 Å². The molecule has 0 aliphatic carbocycles. The molecule has 6 nitrogen and oxygen atoms in total. The molecule has 1 aromatic carbocycles. The summed E-state index contributed by atoms with van der Waals surface area (Å²) in [6.45, 7) is 2.24. The fraction of sp³-hybridized carbons (Fsp3) is 0.600. The third kappa shape index (κ3) is 8.61. The predicted molar refractivity (Wildman–Crippen MR) is 96.8 cm³/mol. The quantitative estimate of drug-likeness (QED) is 0.383. The number of benzene rings is 1. The molecule has 1 aliphatic rings. The van der Waals surface area contributed by atoms with Crippen LogP contribution in [-0.4, -0.2) is 66.5 Å². The number of rotatable bonds is 10. The van der Waals surface area contributed by atoms with Gasteiger partial charge in [-0.1, -0.05) is 18.2 Å². The number of nitrogens with one attached hydrogen (secondary N) is 1. The molecule has 23 heavy (non-hydrogen) atoms. The van der Waals surface area contributed by atoms with E-state index in [-0.39, 0.29) is 0 Å². The molecule has 1 fully saturated rings. The smallest absolute Gasteiger partial charge is 0.419 e. The van der Waals surface area contributed by atoms with Crippen LogP contribution in [0.3, 0.4) is 0 Å². The van der Waals surface area contributed by atoms with Gasteiger partial charge in [-0.05, 0) is 18.6 Å². The van der Waals surface area contributed by atoms with Gasteiger partial charge in [-0.15, -0.1) is 0 Å². The van der Waals surface area contributed by atoms with Crippen LogP contribution in [-0.2, 0) is 22.8 Å². The van der Waals surface area contributed by atoms with Gasteiger partial charge in [0.25, 0.3) is 0 Å². The Labute approximate surface area is 143 Å². The molecule has 1 aliphatic heterocycles. The molecule has 1 atom stereocenters. The minimum absolute atomic E-state index is 0.333. The Hall–Kier alpha value is -0.746. The van der Waals surface area contributed by atoms with E-state index in [2.05, 4.69) is 17.1 Å². The van der Waals surface area contributed by atoms with E-state index >= 15 is 0 Å². The molecule has 1 saturated heterocycles. The van der Waals surface area contributed by atoms with Gasteiger partial charge < -0.3 is 27.7 Å². The molecule has 1 N–H and O–H groups in total. The number of hydrogen-bond acceptors (Lipinski definition) is 6. The monoisotopic (exact) mass is 359 g/mol. The van der Waals surface area contributed by atoms with Crippen molar-refractivity contribution in [3.05, 3.63) is 30.3 Å². The van der Waals surface area contributed by atoms with E-state index in [1.165, 1.54) is 5.69 Å². The van der Waals surface area contributed by atoms with Gasteiger partial charge in [-0.3, -0.25) is 0 Å². The van der Waals surface area contributed by atoms with Gasteiger partial charge in [-0.2, -0.15) is 0 Å². The van der Waals surface area contributed by atoms with Crippen molar-refractivity contribution in [2.24, 2.45) is 0 Å². The van der Waals surface area contributed by atoms with Crippen molar-refractivity contribution in [3.8, 4) is 0 Å². The van der Waals surface area contributed by atoms with Gasteiger partial charge >= 0.3 is 8.80 Å². The van der Waals surface area contributed by atoms with E-state index < -0.39 is 8.80 Å². The number of hydrogen-bond donors (Lipinski definition) is 1. The Morgan fingerprint density at radius 1 is 1.17 bits per heavy atom. The Morgan fingerprint density at radius 3 is 2.22 bits per heavy atom. The van der Waals surface area contributed by atoms with Gasteiger partial charge in [-0.25, -0.2) is 0 Å². The number of ether oxygens (including phenoxy) is 2. The summed E-state index contributed by atoms with van der Waals surface area (Å²) >= 11 is 0. The summed E-state index contributed by atoms with van der Waals surface area (Å²) in [4.78, 5) is 3.17. The average molecular weight is 360 g/mol. The number of para-hydroxylation sites is 1. The van der Waals surface area contributed by atoms with Gasteiger partial charge in [0.2, 0.25) is 0 Å². The second-order valence-corrected chi connectivity index (χ2v) is 8.64. The normalized spacial score (nSPS) is 16.6. The standard InChI is InChI=1S/C9H20O5Si.C6H9NSi/c1-10-15(11-2,12-3)6-4-5-13-7-9-8-14-9;8-7-6-4-2-1-3-5-6/h9H,4-8H2,1-3H3;1-5,7H,8H3. The summed E-state index contributed by atoms with van der Waals surface area (Å²) in [6, 6.07) is 11.0. The lowest BCUT2D eigenvalue weighted by Gasteiger charge is -2.24. The summed E-state index contributed by atoms with van der Waals surface area (Å²) < 4.78 is 26.3. The number of anilines is 1. The van der Waals surface area contributed by atoms with Gasteiger partial charge in [0, 0.05) is 39.7 Å². The summed E-state index contributed by atoms with van der Waals surface area (Å²) in [5, 5.41) is 0. The van der Waals surface area contributed by atoms with Crippen LogP contribution in [0.4, 0.5) is 5.69 Å². The maximum atomic E-state index is 5.42. The summed E-state index contributed by atoms with van der Waals surface area (Å²) in [7, 11) is 3.51. The van der Waals surface area contributed by atoms with Crippen LogP contribution in [0.15, 0.2) is 30.3 Å². The zero-order valence-corrected chi connectivity index (χ0v) is 17.5. The maximum absolute atomic E-state index is 5.42. The SMILES string of the molecule is CO[Si](CCCOCC1CO1)(OC)OC.[SiH3]Nc1ccccc1. The molecule has 1 heterocycles. The van der Waals surface area contributed by atoms with Crippen LogP contribution < -0.4 is 4.98 Å². The minimum Gasteiger partial charge on any atom is -0.419 e. The second-order valence-electron chi connectivity index (χ2n) is 5.05. The molecule has 0 spiro atoms. The Kier molecular flexibility index (Phi) is 10.4. The van der Waals surface area contributed by atoms with Crippen molar-refractivity contribution in [1.29, 1.82) is 0 Å². The summed E-state index contributed by atoms with van der Waals surface area (Å²) in [5.74, 6) is 0. The van der Waals surface area contributed by atoms with Gasteiger partial charge in [0.05, 0.1) is 13.2 Å². The van der Waals surface area contributed by atoms with E-state index in [4.69, 9.17) is 22.8 Å². The Bertz CT molecular complexity index is 394. The highest BCUT2D eigenvalue weighted by molar-refractivity contribution is 6.60. The fourth-order valence-electron chi connectivity index (χ4n) is 1.93. The maximum Gasteiger partial charge on any atom is 0.500 e. The summed E-state index contributed by atoms with van der Waals surface area (Å²) in [5.41, 5.74) is 1.22. The molecule has 0 radical (unpaired) electrons. The van der Waals surface area contributed by atoms with Crippen molar-refractivity contribution in [2.75, 3.05) is 46.1 Å². The summed E-state index contributed by atoms with van der Waals surface area (Å²) in [6.07, 6.45) is 1.22. The van der Waals surface area contributed by atoms with E-state index in [0.717, 1.165) is 29.5 Å². The minimum atomic E-state index is -2.39. The second kappa shape index (κ2) is 11.7. The molecule has 1 unspecified atom stereocenters. The first kappa shape index (κ1) is 20.3. The van der Waals surface area contributed by atoms with Crippen LogP contribution in [0.25, 0.3) is 0 Å². The largest absolute Gasteiger partial charge is 0.500 e. The molecule has 132 valence electrons. The van der Waals surface area contributed by atoms with Crippen LogP contribution >= 0.6 is 0 Å². The Balaban J connectivity index is 0.000000277. The van der Waals surface area contributed by atoms with Crippen LogP contribution in [0.1, 0.15) is 6.42 Å². The zero-order valence-electron chi connectivity index (χ0n) is 14.5. The predicted octanol–water partition coefficient (Wildman–Crippen LogP) is 1.05. The first-order valence-corrected chi connectivity index (χ1v) is 10.7. The highest BCUT2D eigenvalue weighted by Gasteiger charge is 2.36. The zero-order chi connectivity index (χ0) is 17.0. The highest BCUT2D eigenvalue weighted by atomic mass is 28.4. The topological polar surface area (TPSA) is 61.5 Å². The third-order valence-corrected chi connectivity index (χ3v) is 6.88. The Morgan fingerprint density at radius 2 is 1.78 bits per heavy atom. The lowest BCUT2D eigenvalue weighted by Crippen LogP contribution is -2.42. The van der Waals surface area contributed by atoms with Crippen molar-refractivity contribution >= 4 is 24.9 Å². The molecule has 0 amide bonds. The van der Waals surface area contributed by atoms with Crippen LogP contribution in [0.5, 0.6) is 0 Å². The van der Waals surface area contributed by atoms with E-state index in [1.54, 1.807) is 21.3 Å². The van der Waals surface area contributed by atoms with Crippen molar-refractivity contribution in [2.45, 2.75) is 18.6 Å². The molecule has 8 heteroatoms. The van der Waals surface area contributed by atoms with Crippen LogP contribution in [0.2, 0.25) is 6.04 Å². The fourth-order valence-corrected chi connectivity index (χ4v) is 3.95. The van der Waals surface area contributed by atoms with Gasteiger partial charge in [0.1, 0.15) is 16.5 Å². The lowest BCUT2D eigenvalue weighted by atomic mass is 10.3. The number of epoxide rings is 1. The van der Waals surface area contributed by atoms with Crippen molar-refractivity contribution < 1.29 is 22.8 Å². The molecular formula is C15H29NO5Si2. The molecule has 0 bridgehead atoms. The van der Waals surface area contributed by atoms with E-state index in [9.17, 15) is 0 Å². The van der Waals surface area contributed by atoms with Crippen molar-refractivity contribution in [3.63, 3.8) is 0 Å². The van der Waals surface area contributed by atoms with E-state index in [0.29, 0.717) is 19.3 Å².